The zero-order valence-corrected chi connectivity index (χ0v) is 9.97. The summed E-state index contributed by atoms with van der Waals surface area (Å²) in [5.41, 5.74) is 1.25. The highest BCUT2D eigenvalue weighted by Crippen LogP contribution is 2.30. The third-order valence-corrected chi connectivity index (χ3v) is 2.89. The van der Waals surface area contributed by atoms with Gasteiger partial charge in [0, 0.05) is 11.6 Å². The van der Waals surface area contributed by atoms with E-state index in [0.29, 0.717) is 20.4 Å². The van der Waals surface area contributed by atoms with Crippen LogP contribution in [0.15, 0.2) is 37.9 Å². The van der Waals surface area contributed by atoms with Crippen molar-refractivity contribution in [1.82, 2.24) is 5.16 Å². The second kappa shape index (κ2) is 3.82. The molecule has 0 amide bonds. The van der Waals surface area contributed by atoms with E-state index in [9.17, 15) is 4.39 Å². The standard InChI is InChI=1S/C9H4Br2FNO/c10-8-4-7(13-14-8)5-2-1-3-6(12)9(5)11/h1-4H. The molecule has 1 aromatic heterocycles. The Kier molecular flexibility index (Phi) is 2.69. The fraction of sp³-hybridized carbons (Fsp3) is 0. The summed E-state index contributed by atoms with van der Waals surface area (Å²) in [5, 5.41) is 3.77. The summed E-state index contributed by atoms with van der Waals surface area (Å²) in [5.74, 6) is -0.318. The second-order valence-electron chi connectivity index (χ2n) is 2.62. The van der Waals surface area contributed by atoms with Gasteiger partial charge in [-0.3, -0.25) is 0 Å². The van der Waals surface area contributed by atoms with E-state index >= 15 is 0 Å². The molecule has 0 aliphatic rings. The number of aromatic nitrogens is 1. The van der Waals surface area contributed by atoms with Crippen molar-refractivity contribution in [2.24, 2.45) is 0 Å². The zero-order chi connectivity index (χ0) is 10.1. The SMILES string of the molecule is Fc1cccc(-c2cc(Br)on2)c1Br. The molecule has 5 heteroatoms. The summed E-state index contributed by atoms with van der Waals surface area (Å²) in [6, 6.07) is 6.44. The maximum atomic E-state index is 13.2. The summed E-state index contributed by atoms with van der Waals surface area (Å²) >= 11 is 6.29. The Morgan fingerprint density at radius 3 is 2.71 bits per heavy atom. The van der Waals surface area contributed by atoms with Gasteiger partial charge in [0.1, 0.15) is 11.5 Å². The molecule has 2 aromatic rings. The van der Waals surface area contributed by atoms with E-state index in [1.165, 1.54) is 6.07 Å². The predicted molar refractivity (Wildman–Crippen MR) is 57.3 cm³/mol. The molecule has 0 aliphatic carbocycles. The Balaban J connectivity index is 2.57. The molecule has 0 saturated carbocycles. The molecular formula is C9H4Br2FNO. The molecule has 0 spiro atoms. The molecule has 1 aromatic carbocycles. The Hall–Kier alpha value is -0.680. The maximum Gasteiger partial charge on any atom is 0.202 e. The minimum absolute atomic E-state index is 0.318. The van der Waals surface area contributed by atoms with Gasteiger partial charge in [0.15, 0.2) is 0 Å². The largest absolute Gasteiger partial charge is 0.349 e. The number of nitrogens with zero attached hydrogens (tertiary/aromatic N) is 1. The van der Waals surface area contributed by atoms with E-state index < -0.39 is 0 Å². The van der Waals surface area contributed by atoms with Crippen molar-refractivity contribution in [3.8, 4) is 11.3 Å². The van der Waals surface area contributed by atoms with Gasteiger partial charge in [-0.2, -0.15) is 0 Å². The lowest BCUT2D eigenvalue weighted by molar-refractivity contribution is 0.402. The van der Waals surface area contributed by atoms with Crippen molar-refractivity contribution < 1.29 is 8.91 Å². The van der Waals surface area contributed by atoms with Crippen LogP contribution in [0.2, 0.25) is 0 Å². The van der Waals surface area contributed by atoms with Crippen LogP contribution in [0.3, 0.4) is 0 Å². The molecule has 0 fully saturated rings. The molecule has 0 N–H and O–H groups in total. The van der Waals surface area contributed by atoms with Crippen LogP contribution in [0.25, 0.3) is 11.3 Å². The highest BCUT2D eigenvalue weighted by molar-refractivity contribution is 9.10. The van der Waals surface area contributed by atoms with Crippen LogP contribution in [0.1, 0.15) is 0 Å². The molecule has 2 nitrogen and oxygen atoms in total. The average molecular weight is 321 g/mol. The Morgan fingerprint density at radius 1 is 1.29 bits per heavy atom. The first kappa shape index (κ1) is 9.86. The monoisotopic (exact) mass is 319 g/mol. The zero-order valence-electron chi connectivity index (χ0n) is 6.80. The van der Waals surface area contributed by atoms with Gasteiger partial charge in [-0.1, -0.05) is 17.3 Å². The summed E-state index contributed by atoms with van der Waals surface area (Å²) in [4.78, 5) is 0. The first-order valence-corrected chi connectivity index (χ1v) is 5.33. The summed E-state index contributed by atoms with van der Waals surface area (Å²) in [7, 11) is 0. The number of benzene rings is 1. The van der Waals surface area contributed by atoms with E-state index in [-0.39, 0.29) is 5.82 Å². The van der Waals surface area contributed by atoms with Crippen LogP contribution in [0.4, 0.5) is 4.39 Å². The first-order valence-electron chi connectivity index (χ1n) is 3.75. The maximum absolute atomic E-state index is 13.2. The quantitative estimate of drug-likeness (QED) is 0.793. The number of halogens is 3. The van der Waals surface area contributed by atoms with Crippen LogP contribution >= 0.6 is 31.9 Å². The summed E-state index contributed by atoms with van der Waals surface area (Å²) in [6.45, 7) is 0. The van der Waals surface area contributed by atoms with E-state index in [2.05, 4.69) is 37.0 Å². The van der Waals surface area contributed by atoms with Crippen molar-refractivity contribution in [2.45, 2.75) is 0 Å². The number of hydrogen-bond donors (Lipinski definition) is 0. The van der Waals surface area contributed by atoms with E-state index in [4.69, 9.17) is 4.52 Å². The van der Waals surface area contributed by atoms with E-state index in [0.717, 1.165) is 0 Å². The topological polar surface area (TPSA) is 26.0 Å². The summed E-state index contributed by atoms with van der Waals surface area (Å²) < 4.78 is 18.9. The van der Waals surface area contributed by atoms with Crippen LogP contribution in [-0.2, 0) is 0 Å². The van der Waals surface area contributed by atoms with Crippen LogP contribution in [-0.4, -0.2) is 5.16 Å². The van der Waals surface area contributed by atoms with Gasteiger partial charge in [0.25, 0.3) is 0 Å². The molecule has 0 atom stereocenters. The average Bonchev–Trinajstić information content (AvgIpc) is 2.57. The number of hydrogen-bond acceptors (Lipinski definition) is 2. The molecule has 72 valence electrons. The van der Waals surface area contributed by atoms with Crippen molar-refractivity contribution in [2.75, 3.05) is 0 Å². The Morgan fingerprint density at radius 2 is 2.07 bits per heavy atom. The van der Waals surface area contributed by atoms with Gasteiger partial charge in [-0.05, 0) is 37.9 Å². The van der Waals surface area contributed by atoms with Crippen LogP contribution < -0.4 is 0 Å². The molecule has 0 saturated heterocycles. The molecule has 0 unspecified atom stereocenters. The van der Waals surface area contributed by atoms with Crippen LogP contribution in [0.5, 0.6) is 0 Å². The van der Waals surface area contributed by atoms with Gasteiger partial charge in [0.2, 0.25) is 4.67 Å². The molecule has 0 radical (unpaired) electrons. The molecule has 14 heavy (non-hydrogen) atoms. The van der Waals surface area contributed by atoms with Crippen molar-refractivity contribution in [3.05, 3.63) is 39.2 Å². The Labute approximate surface area is 96.4 Å². The van der Waals surface area contributed by atoms with Gasteiger partial charge in [-0.25, -0.2) is 4.39 Å². The summed E-state index contributed by atoms with van der Waals surface area (Å²) in [6.07, 6.45) is 0. The van der Waals surface area contributed by atoms with E-state index in [1.807, 2.05) is 0 Å². The van der Waals surface area contributed by atoms with Crippen molar-refractivity contribution in [1.29, 1.82) is 0 Å². The lowest BCUT2D eigenvalue weighted by atomic mass is 10.1. The Bertz CT molecular complexity index is 470. The smallest absolute Gasteiger partial charge is 0.202 e. The highest BCUT2D eigenvalue weighted by Gasteiger charge is 2.10. The third-order valence-electron chi connectivity index (χ3n) is 1.71. The molecular weight excluding hydrogens is 317 g/mol. The van der Waals surface area contributed by atoms with Gasteiger partial charge in [0.05, 0.1) is 4.47 Å². The minimum Gasteiger partial charge on any atom is -0.349 e. The predicted octanol–water partition coefficient (Wildman–Crippen LogP) is 4.01. The van der Waals surface area contributed by atoms with Crippen molar-refractivity contribution >= 4 is 31.9 Å². The van der Waals surface area contributed by atoms with Crippen molar-refractivity contribution in [3.63, 3.8) is 0 Å². The fourth-order valence-electron chi connectivity index (χ4n) is 1.08. The van der Waals surface area contributed by atoms with Gasteiger partial charge >= 0.3 is 0 Å². The molecule has 0 aliphatic heterocycles. The minimum atomic E-state index is -0.318. The third kappa shape index (κ3) is 1.74. The highest BCUT2D eigenvalue weighted by atomic mass is 79.9. The second-order valence-corrected chi connectivity index (χ2v) is 4.19. The fourth-order valence-corrected chi connectivity index (χ4v) is 1.84. The molecule has 0 bridgehead atoms. The molecule has 2 rings (SSSR count). The van der Waals surface area contributed by atoms with Crippen LogP contribution in [0, 0.1) is 5.82 Å². The normalized spacial score (nSPS) is 10.5. The lowest BCUT2D eigenvalue weighted by Gasteiger charge is -1.99. The van der Waals surface area contributed by atoms with E-state index in [1.54, 1.807) is 18.2 Å². The van der Waals surface area contributed by atoms with Gasteiger partial charge in [-0.15, -0.1) is 0 Å². The first-order chi connectivity index (χ1) is 6.68. The molecule has 1 heterocycles. The van der Waals surface area contributed by atoms with Gasteiger partial charge < -0.3 is 4.52 Å². The lowest BCUT2D eigenvalue weighted by Crippen LogP contribution is -1.83. The number of rotatable bonds is 1.